The first-order valence-corrected chi connectivity index (χ1v) is 8.95. The lowest BCUT2D eigenvalue weighted by atomic mass is 10.1. The number of aromatic nitrogens is 3. The van der Waals surface area contributed by atoms with Gasteiger partial charge in [0.25, 0.3) is 0 Å². The Morgan fingerprint density at radius 3 is 2.85 bits per heavy atom. The molecule has 0 aliphatic carbocycles. The number of hydrogen-bond acceptors (Lipinski definition) is 6. The zero-order valence-electron chi connectivity index (χ0n) is 14.6. The molecule has 1 aromatic carbocycles. The lowest BCUT2D eigenvalue weighted by molar-refractivity contribution is 0.0451. The van der Waals surface area contributed by atoms with Gasteiger partial charge in [-0.15, -0.1) is 11.3 Å². The first-order valence-electron chi connectivity index (χ1n) is 8.13. The number of carbonyl (C=O) groups is 1. The molecular weight excluding hydrogens is 350 g/mol. The molecule has 0 unspecified atom stereocenters. The number of ether oxygens (including phenoxy) is 1. The quantitative estimate of drug-likeness (QED) is 0.504. The van der Waals surface area contributed by atoms with Crippen LogP contribution in [0.3, 0.4) is 0 Å². The van der Waals surface area contributed by atoms with E-state index in [4.69, 9.17) is 9.15 Å². The zero-order valence-corrected chi connectivity index (χ0v) is 15.5. The Kier molecular flexibility index (Phi) is 4.08. The van der Waals surface area contributed by atoms with E-state index in [1.165, 1.54) is 11.3 Å². The summed E-state index contributed by atoms with van der Waals surface area (Å²) in [6, 6.07) is 7.77. The Bertz CT molecular complexity index is 1110. The van der Waals surface area contributed by atoms with E-state index in [9.17, 15) is 4.79 Å². The van der Waals surface area contributed by atoms with E-state index < -0.39 is 5.97 Å². The van der Waals surface area contributed by atoms with Crippen LogP contribution in [0.5, 0.6) is 0 Å². The van der Waals surface area contributed by atoms with Gasteiger partial charge < -0.3 is 9.15 Å². The molecular formula is C19H17N3O3S. The van der Waals surface area contributed by atoms with Crippen molar-refractivity contribution in [1.82, 2.24) is 14.8 Å². The van der Waals surface area contributed by atoms with Crippen LogP contribution >= 0.6 is 11.3 Å². The third-order valence-electron chi connectivity index (χ3n) is 4.21. The van der Waals surface area contributed by atoms with Crippen molar-refractivity contribution in [3.63, 3.8) is 0 Å². The van der Waals surface area contributed by atoms with Gasteiger partial charge in [-0.1, -0.05) is 18.2 Å². The standard InChI is InChI=1S/C19H17N3O3S/c1-11-14-6-4-5-7-15(14)25-16(11)10-24-19(23)17-12(2)21-18(26-17)13-8-20-22(3)9-13/h4-9H,10H2,1-3H3. The molecule has 0 saturated heterocycles. The molecule has 132 valence electrons. The number of rotatable bonds is 4. The van der Waals surface area contributed by atoms with E-state index in [0.717, 1.165) is 27.1 Å². The molecule has 3 heterocycles. The maximum atomic E-state index is 12.5. The molecule has 3 aromatic heterocycles. The normalized spacial score (nSPS) is 11.2. The molecule has 4 aromatic rings. The largest absolute Gasteiger partial charge is 0.457 e. The van der Waals surface area contributed by atoms with Crippen molar-refractivity contribution >= 4 is 28.3 Å². The molecule has 0 atom stereocenters. The van der Waals surface area contributed by atoms with E-state index in [0.29, 0.717) is 16.3 Å². The number of furan rings is 1. The van der Waals surface area contributed by atoms with Crippen molar-refractivity contribution in [2.24, 2.45) is 7.05 Å². The van der Waals surface area contributed by atoms with Crippen LogP contribution in [-0.2, 0) is 18.4 Å². The predicted molar refractivity (Wildman–Crippen MR) is 99.1 cm³/mol. The molecule has 4 rings (SSSR count). The molecule has 0 aliphatic heterocycles. The molecule has 7 heteroatoms. The second-order valence-electron chi connectivity index (χ2n) is 6.06. The highest BCUT2D eigenvalue weighted by atomic mass is 32.1. The number of hydrogen-bond donors (Lipinski definition) is 0. The summed E-state index contributed by atoms with van der Waals surface area (Å²) in [5.74, 6) is 0.268. The summed E-state index contributed by atoms with van der Waals surface area (Å²) in [6.45, 7) is 3.87. The molecule has 26 heavy (non-hydrogen) atoms. The van der Waals surface area contributed by atoms with Crippen LogP contribution in [0.15, 0.2) is 41.1 Å². The summed E-state index contributed by atoms with van der Waals surface area (Å²) in [7, 11) is 1.84. The summed E-state index contributed by atoms with van der Waals surface area (Å²) in [6.07, 6.45) is 3.59. The minimum Gasteiger partial charge on any atom is -0.457 e. The van der Waals surface area contributed by atoms with Crippen LogP contribution in [0.4, 0.5) is 0 Å². The summed E-state index contributed by atoms with van der Waals surface area (Å²) in [5, 5.41) is 5.92. The molecule has 0 spiro atoms. The van der Waals surface area contributed by atoms with Crippen molar-refractivity contribution in [3.8, 4) is 10.6 Å². The van der Waals surface area contributed by atoms with Gasteiger partial charge in [-0.05, 0) is 19.9 Å². The molecule has 0 bridgehead atoms. The van der Waals surface area contributed by atoms with Gasteiger partial charge in [0.2, 0.25) is 0 Å². The monoisotopic (exact) mass is 367 g/mol. The second kappa shape index (κ2) is 6.42. The molecule has 0 radical (unpaired) electrons. The summed E-state index contributed by atoms with van der Waals surface area (Å²) < 4.78 is 13.0. The van der Waals surface area contributed by atoms with Gasteiger partial charge in [0.1, 0.15) is 27.8 Å². The second-order valence-corrected chi connectivity index (χ2v) is 7.06. The van der Waals surface area contributed by atoms with Crippen molar-refractivity contribution < 1.29 is 13.9 Å². The number of aryl methyl sites for hydroxylation is 3. The van der Waals surface area contributed by atoms with Gasteiger partial charge in [-0.2, -0.15) is 5.10 Å². The van der Waals surface area contributed by atoms with Gasteiger partial charge >= 0.3 is 5.97 Å². The number of esters is 1. The van der Waals surface area contributed by atoms with Gasteiger partial charge in [-0.25, -0.2) is 9.78 Å². The van der Waals surface area contributed by atoms with Crippen LogP contribution in [-0.4, -0.2) is 20.7 Å². The van der Waals surface area contributed by atoms with E-state index in [1.54, 1.807) is 17.8 Å². The first kappa shape index (κ1) is 16.5. The summed E-state index contributed by atoms with van der Waals surface area (Å²) in [5.41, 5.74) is 3.32. The number of para-hydroxylation sites is 1. The van der Waals surface area contributed by atoms with Gasteiger partial charge in [0.05, 0.1) is 11.9 Å². The molecule has 6 nitrogen and oxygen atoms in total. The molecule has 0 aliphatic rings. The van der Waals surface area contributed by atoms with E-state index in [1.807, 2.05) is 44.4 Å². The van der Waals surface area contributed by atoms with Gasteiger partial charge in [-0.3, -0.25) is 4.68 Å². The van der Waals surface area contributed by atoms with Crippen molar-refractivity contribution in [1.29, 1.82) is 0 Å². The van der Waals surface area contributed by atoms with Crippen molar-refractivity contribution in [3.05, 3.63) is 58.6 Å². The first-order chi connectivity index (χ1) is 12.5. The number of carbonyl (C=O) groups excluding carboxylic acids is 1. The summed E-state index contributed by atoms with van der Waals surface area (Å²) >= 11 is 1.31. The lowest BCUT2D eigenvalue weighted by Crippen LogP contribution is -2.05. The lowest BCUT2D eigenvalue weighted by Gasteiger charge is -2.02. The smallest absolute Gasteiger partial charge is 0.350 e. The van der Waals surface area contributed by atoms with Crippen LogP contribution < -0.4 is 0 Å². The van der Waals surface area contributed by atoms with Crippen LogP contribution in [0.1, 0.15) is 26.7 Å². The average Bonchev–Trinajstić information content (AvgIpc) is 3.31. The highest BCUT2D eigenvalue weighted by molar-refractivity contribution is 7.17. The number of benzene rings is 1. The number of thiazole rings is 1. The Balaban J connectivity index is 1.53. The Hall–Kier alpha value is -2.93. The van der Waals surface area contributed by atoms with Crippen LogP contribution in [0, 0.1) is 13.8 Å². The van der Waals surface area contributed by atoms with E-state index >= 15 is 0 Å². The van der Waals surface area contributed by atoms with E-state index in [-0.39, 0.29) is 6.61 Å². The Morgan fingerprint density at radius 1 is 1.31 bits per heavy atom. The fraction of sp³-hybridized carbons (Fsp3) is 0.211. The third-order valence-corrected chi connectivity index (χ3v) is 5.40. The van der Waals surface area contributed by atoms with Crippen molar-refractivity contribution in [2.75, 3.05) is 0 Å². The number of fused-ring (bicyclic) bond motifs is 1. The molecule has 0 saturated carbocycles. The van der Waals surface area contributed by atoms with E-state index in [2.05, 4.69) is 10.1 Å². The van der Waals surface area contributed by atoms with Crippen molar-refractivity contribution in [2.45, 2.75) is 20.5 Å². The maximum absolute atomic E-state index is 12.5. The summed E-state index contributed by atoms with van der Waals surface area (Å²) in [4.78, 5) is 17.5. The molecule has 0 fully saturated rings. The molecule has 0 amide bonds. The SMILES string of the molecule is Cc1nc(-c2cnn(C)c2)sc1C(=O)OCc1oc2ccccc2c1C. The molecule has 0 N–H and O–H groups in total. The van der Waals surface area contributed by atoms with Gasteiger partial charge in [0.15, 0.2) is 0 Å². The predicted octanol–water partition coefficient (Wildman–Crippen LogP) is 4.26. The van der Waals surface area contributed by atoms with Crippen LogP contribution in [0.2, 0.25) is 0 Å². The van der Waals surface area contributed by atoms with Gasteiger partial charge in [0, 0.05) is 29.8 Å². The number of nitrogens with zero attached hydrogens (tertiary/aromatic N) is 3. The minimum absolute atomic E-state index is 0.0961. The minimum atomic E-state index is -0.394. The van der Waals surface area contributed by atoms with Crippen LogP contribution in [0.25, 0.3) is 21.5 Å². The fourth-order valence-electron chi connectivity index (χ4n) is 2.80. The Labute approximate surface area is 154 Å². The highest BCUT2D eigenvalue weighted by Crippen LogP contribution is 2.29. The zero-order chi connectivity index (χ0) is 18.3. The topological polar surface area (TPSA) is 70.2 Å². The fourth-order valence-corrected chi connectivity index (χ4v) is 3.74. The Morgan fingerprint density at radius 2 is 2.12 bits per heavy atom. The average molecular weight is 367 g/mol. The highest BCUT2D eigenvalue weighted by Gasteiger charge is 2.19. The maximum Gasteiger partial charge on any atom is 0.350 e. The third kappa shape index (κ3) is 2.90.